The molecule has 2 heterocycles. The Labute approximate surface area is 184 Å². The van der Waals surface area contributed by atoms with Gasteiger partial charge in [-0.3, -0.25) is 9.59 Å². The average Bonchev–Trinajstić information content (AvgIpc) is 3.40. The van der Waals surface area contributed by atoms with Crippen LogP contribution in [0.3, 0.4) is 0 Å². The van der Waals surface area contributed by atoms with Gasteiger partial charge in [-0.25, -0.2) is 0 Å². The van der Waals surface area contributed by atoms with Crippen LogP contribution in [-0.4, -0.2) is 21.5 Å². The Morgan fingerprint density at radius 3 is 2.13 bits per heavy atom. The quantitative estimate of drug-likeness (QED) is 0.239. The fourth-order valence-electron chi connectivity index (χ4n) is 3.70. The molecule has 3 aromatic carbocycles. The molecule has 0 amide bonds. The van der Waals surface area contributed by atoms with Crippen molar-refractivity contribution >= 4 is 61.9 Å². The molecule has 1 aliphatic carbocycles. The molecule has 0 atom stereocenters. The number of halogens is 1. The number of rotatable bonds is 2. The van der Waals surface area contributed by atoms with Crippen LogP contribution in [-0.2, 0) is 0 Å². The molecule has 0 bridgehead atoms. The van der Waals surface area contributed by atoms with Crippen LogP contribution in [0.25, 0.3) is 38.0 Å². The second kappa shape index (κ2) is 6.70. The SMILES string of the molecule is O=C1C(=Cc2nc3sc(-c4ccc(Cl)cc4)nc3o2)C(=O)c2cc3ccccc3cc21. The van der Waals surface area contributed by atoms with Crippen LogP contribution >= 0.6 is 22.9 Å². The lowest BCUT2D eigenvalue weighted by molar-refractivity contribution is 0.0990. The van der Waals surface area contributed by atoms with Crippen LogP contribution in [0, 0.1) is 0 Å². The normalized spacial score (nSPS) is 13.4. The van der Waals surface area contributed by atoms with Crippen LogP contribution < -0.4 is 0 Å². The van der Waals surface area contributed by atoms with E-state index in [2.05, 4.69) is 9.97 Å². The summed E-state index contributed by atoms with van der Waals surface area (Å²) in [7, 11) is 0. The average molecular weight is 443 g/mol. The predicted molar refractivity (Wildman–Crippen MR) is 121 cm³/mol. The van der Waals surface area contributed by atoms with Gasteiger partial charge < -0.3 is 4.42 Å². The number of nitrogens with zero attached hydrogens (tertiary/aromatic N) is 2. The number of Topliss-reactive ketones (excluding diaryl/α,β-unsaturated/α-hetero) is 2. The molecule has 0 aliphatic heterocycles. The van der Waals surface area contributed by atoms with Crippen molar-refractivity contribution in [2.75, 3.05) is 0 Å². The predicted octanol–water partition coefficient (Wildman–Crippen LogP) is 6.22. The minimum absolute atomic E-state index is 0.0529. The molecule has 0 spiro atoms. The van der Waals surface area contributed by atoms with E-state index in [9.17, 15) is 9.59 Å². The van der Waals surface area contributed by atoms with Gasteiger partial charge in [-0.1, -0.05) is 59.3 Å². The highest BCUT2D eigenvalue weighted by Crippen LogP contribution is 2.34. The molecule has 6 rings (SSSR count). The first-order chi connectivity index (χ1) is 15.1. The number of aromatic nitrogens is 2. The van der Waals surface area contributed by atoms with E-state index in [0.717, 1.165) is 21.3 Å². The molecule has 0 radical (unpaired) electrons. The number of benzene rings is 3. The molecule has 0 unspecified atom stereocenters. The second-order valence-electron chi connectivity index (χ2n) is 7.15. The molecular formula is C24H11ClN2O3S. The molecule has 5 aromatic rings. The zero-order valence-corrected chi connectivity index (χ0v) is 17.3. The lowest BCUT2D eigenvalue weighted by Crippen LogP contribution is -2.00. The highest BCUT2D eigenvalue weighted by molar-refractivity contribution is 7.21. The van der Waals surface area contributed by atoms with E-state index < -0.39 is 0 Å². The molecule has 5 nitrogen and oxygen atoms in total. The van der Waals surface area contributed by atoms with Gasteiger partial charge in [0, 0.05) is 27.8 Å². The van der Waals surface area contributed by atoms with E-state index in [1.165, 1.54) is 17.4 Å². The standard InChI is InChI=1S/C24H11ClN2O3S/c25-15-7-5-12(6-8-15)23-27-22-24(31-23)26-19(30-22)11-18-20(28)16-9-13-3-1-2-4-14(13)10-17(16)21(18)29/h1-11H. The van der Waals surface area contributed by atoms with Gasteiger partial charge in [0.25, 0.3) is 5.71 Å². The first-order valence-corrected chi connectivity index (χ1v) is 10.6. The summed E-state index contributed by atoms with van der Waals surface area (Å²) in [5.41, 5.74) is 2.14. The molecule has 0 N–H and O–H groups in total. The zero-order valence-electron chi connectivity index (χ0n) is 15.8. The number of allylic oxidation sites excluding steroid dienone is 1. The summed E-state index contributed by atoms with van der Waals surface area (Å²) >= 11 is 7.30. The third-order valence-corrected chi connectivity index (χ3v) is 6.45. The Morgan fingerprint density at radius 1 is 0.871 bits per heavy atom. The topological polar surface area (TPSA) is 73.1 Å². The van der Waals surface area contributed by atoms with Crippen molar-refractivity contribution in [3.63, 3.8) is 0 Å². The largest absolute Gasteiger partial charge is 0.417 e. The van der Waals surface area contributed by atoms with E-state index in [1.54, 1.807) is 24.3 Å². The molecule has 7 heteroatoms. The van der Waals surface area contributed by atoms with Crippen LogP contribution in [0.15, 0.2) is 70.7 Å². The van der Waals surface area contributed by atoms with Crippen LogP contribution in [0.5, 0.6) is 0 Å². The van der Waals surface area contributed by atoms with Gasteiger partial charge >= 0.3 is 0 Å². The molecule has 0 saturated heterocycles. The first-order valence-electron chi connectivity index (χ1n) is 9.44. The van der Waals surface area contributed by atoms with Crippen LogP contribution in [0.1, 0.15) is 26.6 Å². The van der Waals surface area contributed by atoms with E-state index in [1.807, 2.05) is 36.4 Å². The number of hydrogen-bond donors (Lipinski definition) is 0. The number of fused-ring (bicyclic) bond motifs is 3. The number of hydrogen-bond acceptors (Lipinski definition) is 6. The summed E-state index contributed by atoms with van der Waals surface area (Å²) < 4.78 is 5.71. The summed E-state index contributed by atoms with van der Waals surface area (Å²) in [6, 6.07) is 18.5. The molecule has 1 aliphatic rings. The van der Waals surface area contributed by atoms with Gasteiger partial charge in [0.05, 0.1) is 5.57 Å². The Hall–Kier alpha value is -3.61. The van der Waals surface area contributed by atoms with Crippen molar-refractivity contribution < 1.29 is 14.0 Å². The minimum Gasteiger partial charge on any atom is -0.417 e. The van der Waals surface area contributed by atoms with Crippen molar-refractivity contribution in [1.82, 2.24) is 9.97 Å². The molecule has 31 heavy (non-hydrogen) atoms. The second-order valence-corrected chi connectivity index (χ2v) is 8.56. The van der Waals surface area contributed by atoms with Gasteiger partial charge in [-0.2, -0.15) is 9.97 Å². The van der Waals surface area contributed by atoms with E-state index in [4.69, 9.17) is 16.0 Å². The van der Waals surface area contributed by atoms with E-state index in [0.29, 0.717) is 26.7 Å². The van der Waals surface area contributed by atoms with Crippen LogP contribution in [0.2, 0.25) is 5.02 Å². The monoisotopic (exact) mass is 442 g/mol. The summed E-state index contributed by atoms with van der Waals surface area (Å²) in [5, 5.41) is 3.23. The molecule has 0 fully saturated rings. The first kappa shape index (κ1) is 18.2. The van der Waals surface area contributed by atoms with Gasteiger partial charge in [-0.15, -0.1) is 0 Å². The van der Waals surface area contributed by atoms with Gasteiger partial charge in [-0.05, 0) is 35.0 Å². The van der Waals surface area contributed by atoms with Crippen molar-refractivity contribution in [3.05, 3.63) is 88.3 Å². The Balaban J connectivity index is 1.38. The highest BCUT2D eigenvalue weighted by Gasteiger charge is 2.34. The molecule has 148 valence electrons. The zero-order chi connectivity index (χ0) is 21.1. The number of thiazole rings is 1. The van der Waals surface area contributed by atoms with Crippen molar-refractivity contribution in [3.8, 4) is 10.6 Å². The fourth-order valence-corrected chi connectivity index (χ4v) is 4.70. The number of oxazole rings is 1. The number of carbonyl (C=O) groups excluding carboxylic acids is 2. The Bertz CT molecular complexity index is 1490. The third-order valence-electron chi connectivity index (χ3n) is 5.22. The van der Waals surface area contributed by atoms with Crippen molar-refractivity contribution in [2.45, 2.75) is 0 Å². The number of ketones is 2. The Morgan fingerprint density at radius 2 is 1.52 bits per heavy atom. The van der Waals surface area contributed by atoms with Gasteiger partial charge in [0.15, 0.2) is 16.4 Å². The minimum atomic E-state index is -0.317. The number of carbonyl (C=O) groups is 2. The smallest absolute Gasteiger partial charge is 0.259 e. The lowest BCUT2D eigenvalue weighted by atomic mass is 10.0. The highest BCUT2D eigenvalue weighted by atomic mass is 35.5. The maximum Gasteiger partial charge on any atom is 0.259 e. The summed E-state index contributed by atoms with van der Waals surface area (Å²) in [5.74, 6) is -0.449. The summed E-state index contributed by atoms with van der Waals surface area (Å²) in [6.07, 6.45) is 1.41. The van der Waals surface area contributed by atoms with Crippen molar-refractivity contribution in [1.29, 1.82) is 0 Å². The van der Waals surface area contributed by atoms with E-state index in [-0.39, 0.29) is 23.0 Å². The molecule has 0 saturated carbocycles. The third kappa shape index (κ3) is 2.91. The Kier molecular flexibility index (Phi) is 3.93. The maximum atomic E-state index is 12.9. The fraction of sp³-hybridized carbons (Fsp3) is 0. The summed E-state index contributed by atoms with van der Waals surface area (Å²) in [6.45, 7) is 0. The maximum absolute atomic E-state index is 12.9. The van der Waals surface area contributed by atoms with Crippen LogP contribution in [0.4, 0.5) is 0 Å². The van der Waals surface area contributed by atoms with Crippen molar-refractivity contribution in [2.24, 2.45) is 0 Å². The molecular weight excluding hydrogens is 432 g/mol. The molecule has 2 aromatic heterocycles. The summed E-state index contributed by atoms with van der Waals surface area (Å²) in [4.78, 5) is 35.3. The lowest BCUT2D eigenvalue weighted by Gasteiger charge is -2.00. The van der Waals surface area contributed by atoms with E-state index >= 15 is 0 Å². The van der Waals surface area contributed by atoms with Gasteiger partial charge in [0.1, 0.15) is 5.01 Å². The van der Waals surface area contributed by atoms with Gasteiger partial charge in [0.2, 0.25) is 5.89 Å².